The van der Waals surface area contributed by atoms with Gasteiger partial charge in [-0.15, -0.1) is 0 Å². The zero-order chi connectivity index (χ0) is 8.15. The maximum atomic E-state index is 10.4. The first-order valence-corrected chi connectivity index (χ1v) is 4.51. The molecule has 1 unspecified atom stereocenters. The van der Waals surface area contributed by atoms with Gasteiger partial charge in [0.2, 0.25) is 0 Å². The van der Waals surface area contributed by atoms with Crippen LogP contribution in [0, 0.1) is 0 Å². The van der Waals surface area contributed by atoms with Gasteiger partial charge in [-0.2, -0.15) is 0 Å². The Morgan fingerprint density at radius 2 is 2.27 bits per heavy atom. The van der Waals surface area contributed by atoms with Crippen molar-refractivity contribution in [1.29, 1.82) is 0 Å². The van der Waals surface area contributed by atoms with Crippen LogP contribution in [0.25, 0.3) is 0 Å². The van der Waals surface area contributed by atoms with Crippen molar-refractivity contribution in [3.8, 4) is 0 Å². The van der Waals surface area contributed by atoms with E-state index in [9.17, 15) is 14.8 Å². The van der Waals surface area contributed by atoms with Gasteiger partial charge in [0.05, 0.1) is 24.5 Å². The van der Waals surface area contributed by atoms with Crippen molar-refractivity contribution < 1.29 is 14.8 Å². The summed E-state index contributed by atoms with van der Waals surface area (Å²) in [5.41, 5.74) is 5.04. The largest absolute Gasteiger partial charge is 0.631 e. The summed E-state index contributed by atoms with van der Waals surface area (Å²) in [5, 5.41) is 9.96. The number of carboxylic acids is 1. The Kier molecular flexibility index (Phi) is 7.46. The van der Waals surface area contributed by atoms with E-state index in [0.29, 0.717) is 0 Å². The van der Waals surface area contributed by atoms with Crippen LogP contribution in [0.2, 0.25) is 0 Å². The molecule has 0 bridgehead atoms. The minimum atomic E-state index is -1.40. The van der Waals surface area contributed by atoms with E-state index in [1.165, 1.54) is 12.5 Å². The molecule has 6 heteroatoms. The molecule has 5 nitrogen and oxygen atoms in total. The van der Waals surface area contributed by atoms with Gasteiger partial charge in [-0.25, -0.2) is 0 Å². The number of carboxylic acid groups (broad SMARTS) is 1. The molecule has 0 radical (unpaired) electrons. The fraction of sp³-hybridized carbons (Fsp3) is 0.600. The van der Waals surface area contributed by atoms with Crippen molar-refractivity contribution in [3.63, 3.8) is 0 Å². The summed E-state index contributed by atoms with van der Waals surface area (Å²) in [6.07, 6.45) is 0.105. The summed E-state index contributed by atoms with van der Waals surface area (Å²) >= 11 is 0. The smallest absolute Gasteiger partial charge is 0.0919 e. The molecule has 0 amide bonds. The Bertz CT molecular complexity index is 156. The van der Waals surface area contributed by atoms with E-state index < -0.39 is 19.8 Å². The van der Waals surface area contributed by atoms with Crippen LogP contribution in [-0.2, 0) is 4.79 Å². The molecule has 0 saturated heterocycles. The molecule has 2 atom stereocenters. The van der Waals surface area contributed by atoms with Gasteiger partial charge in [-0.1, -0.05) is 0 Å². The lowest BCUT2D eigenvalue weighted by Crippen LogP contribution is -2.41. The first-order chi connectivity index (χ1) is 4.54. The first-order valence-electron chi connectivity index (χ1n) is 2.73. The Hall–Kier alpha value is -0.480. The molecular weight excluding hydrogens is 167 g/mol. The van der Waals surface area contributed by atoms with Gasteiger partial charge in [-0.05, 0) is 0 Å². The molecule has 0 heterocycles. The second kappa shape index (κ2) is 6.24. The monoisotopic (exact) mass is 180 g/mol. The van der Waals surface area contributed by atoms with Crippen LogP contribution in [0.4, 0.5) is 0 Å². The summed E-state index contributed by atoms with van der Waals surface area (Å²) in [4.78, 5) is 20.4. The highest BCUT2D eigenvalue weighted by atomic mass is 31.1. The van der Waals surface area contributed by atoms with E-state index in [-0.39, 0.29) is 12.6 Å². The van der Waals surface area contributed by atoms with Crippen LogP contribution in [0.5, 0.6) is 0 Å². The number of hydrogen-bond donors (Lipinski definition) is 2. The zero-order valence-electron chi connectivity index (χ0n) is 6.61. The molecule has 0 aromatic rings. The minimum absolute atomic E-state index is 0. The molecule has 0 fully saturated rings. The fourth-order valence-electron chi connectivity index (χ4n) is 0.358. The summed E-state index contributed by atoms with van der Waals surface area (Å²) in [7, 11) is -1.40. The van der Waals surface area contributed by atoms with Gasteiger partial charge in [-0.3, -0.25) is 0 Å². The van der Waals surface area contributed by atoms with E-state index in [1.807, 2.05) is 0 Å². The minimum Gasteiger partial charge on any atom is -0.631 e. The van der Waals surface area contributed by atoms with Crippen molar-refractivity contribution >= 4 is 19.5 Å². The third-order valence-corrected chi connectivity index (χ3v) is 1.64. The lowest BCUT2D eigenvalue weighted by Gasteiger charge is -2.07. The highest BCUT2D eigenvalue weighted by Crippen LogP contribution is 2.00. The van der Waals surface area contributed by atoms with Gasteiger partial charge in [0.15, 0.2) is 0 Å². The molecule has 11 heavy (non-hydrogen) atoms. The van der Waals surface area contributed by atoms with Gasteiger partial charge in [0, 0.05) is 14.2 Å². The molecule has 0 saturated carbocycles. The van der Waals surface area contributed by atoms with Gasteiger partial charge in [0.25, 0.3) is 0 Å². The van der Waals surface area contributed by atoms with Crippen LogP contribution in [-0.4, -0.2) is 24.5 Å². The summed E-state index contributed by atoms with van der Waals surface area (Å²) in [6, 6.07) is -1.03. The molecule has 0 aliphatic rings. The molecule has 0 aromatic heterocycles. The van der Waals surface area contributed by atoms with Crippen molar-refractivity contribution in [2.45, 2.75) is 12.5 Å². The third-order valence-electron chi connectivity index (χ3n) is 0.919. The number of rotatable bonds is 3. The number of carbonyl (C=O) groups is 1. The Balaban J connectivity index is 0. The van der Waals surface area contributed by atoms with E-state index in [0.717, 1.165) is 0 Å². The molecule has 6 N–H and O–H groups in total. The van der Waals surface area contributed by atoms with Gasteiger partial charge >= 0.3 is 0 Å². The number of carbonyl (C=O) groups excluding carboxylic acids is 1. The van der Waals surface area contributed by atoms with Crippen molar-refractivity contribution in [2.24, 2.45) is 5.73 Å². The molecule has 0 aromatic carbocycles. The normalized spacial score (nSPS) is 13.5. The molecule has 0 aliphatic carbocycles. The Labute approximate surface area is 66.3 Å². The Morgan fingerprint density at radius 3 is 2.55 bits per heavy atom. The lowest BCUT2D eigenvalue weighted by molar-refractivity contribution is -0.307. The first kappa shape index (κ1) is 13.1. The second-order valence-corrected chi connectivity index (χ2v) is 3.35. The van der Waals surface area contributed by atoms with Crippen LogP contribution in [0.15, 0.2) is 0 Å². The van der Waals surface area contributed by atoms with Crippen molar-refractivity contribution in [1.82, 2.24) is 6.15 Å². The average molecular weight is 180 g/mol. The van der Waals surface area contributed by atoms with Crippen LogP contribution in [0.1, 0.15) is 6.42 Å². The second-order valence-electron chi connectivity index (χ2n) is 1.89. The van der Waals surface area contributed by atoms with E-state index in [1.54, 1.807) is 0 Å². The highest BCUT2D eigenvalue weighted by molar-refractivity contribution is 7.49. The Morgan fingerprint density at radius 1 is 1.82 bits per heavy atom. The van der Waals surface area contributed by atoms with Crippen LogP contribution in [0.3, 0.4) is 0 Å². The van der Waals surface area contributed by atoms with Gasteiger partial charge in [0.1, 0.15) is 0 Å². The van der Waals surface area contributed by atoms with E-state index >= 15 is 0 Å². The number of aliphatic carboxylic acids is 1. The van der Waals surface area contributed by atoms with Crippen molar-refractivity contribution in [2.75, 3.05) is 6.66 Å². The van der Waals surface area contributed by atoms with Gasteiger partial charge < -0.3 is 26.7 Å². The molecule has 0 rings (SSSR count). The number of hydrogen-bond acceptors (Lipinski definition) is 4. The van der Waals surface area contributed by atoms with Crippen molar-refractivity contribution in [3.05, 3.63) is 0 Å². The predicted molar refractivity (Wildman–Crippen MR) is 42.5 cm³/mol. The molecule has 66 valence electrons. The van der Waals surface area contributed by atoms with E-state index in [2.05, 4.69) is 0 Å². The zero-order valence-corrected chi connectivity index (χ0v) is 7.51. The number of nitrogens with two attached hydrogens (primary N) is 1. The fourth-order valence-corrected chi connectivity index (χ4v) is 0.882. The van der Waals surface area contributed by atoms with Crippen LogP contribution < -0.4 is 21.9 Å². The van der Waals surface area contributed by atoms with E-state index in [4.69, 9.17) is 5.73 Å². The lowest BCUT2D eigenvalue weighted by atomic mass is 10.2. The average Bonchev–Trinajstić information content (AvgIpc) is 1.82. The maximum absolute atomic E-state index is 10.4. The standard InChI is InChI=1S/C5H10NO3P.H3N/c1-10(9)3-2-4(6)5(7)8;/h3-4H,2,6H2,1H3,(H,7,8);1H3/t4-;/m0./s1. The molecular formula is C5H13N2O3P. The molecule has 0 aliphatic heterocycles. The third kappa shape index (κ3) is 7.42. The summed E-state index contributed by atoms with van der Waals surface area (Å²) in [5.74, 6) is 0.0589. The SMILES string of the molecule is C[P+]([O-])=CC[C@H](N)C(=O)[O-].[NH4+]. The predicted octanol–water partition coefficient (Wildman–Crippen LogP) is -1.98. The quantitative estimate of drug-likeness (QED) is 0.488. The summed E-state index contributed by atoms with van der Waals surface area (Å²) < 4.78 is 0. The summed E-state index contributed by atoms with van der Waals surface area (Å²) in [6.45, 7) is 1.48. The highest BCUT2D eigenvalue weighted by Gasteiger charge is 2.00. The molecule has 0 spiro atoms. The van der Waals surface area contributed by atoms with Crippen LogP contribution >= 0.6 is 7.77 Å². The maximum Gasteiger partial charge on any atom is 0.0919 e. The topological polar surface area (TPSA) is 126 Å². The number of quaternary nitrogens is 1.